The topological polar surface area (TPSA) is 45.2 Å². The van der Waals surface area contributed by atoms with Gasteiger partial charge in [-0.1, -0.05) is 24.1 Å². The Kier molecular flexibility index (Phi) is 5.81. The average Bonchev–Trinajstić information content (AvgIpc) is 3.01. The zero-order valence-corrected chi connectivity index (χ0v) is 14.8. The summed E-state index contributed by atoms with van der Waals surface area (Å²) in [6, 6.07) is 4.20. The van der Waals surface area contributed by atoms with Gasteiger partial charge in [0.2, 0.25) is 0 Å². The highest BCUT2D eigenvalue weighted by Crippen LogP contribution is 2.19. The first-order valence-corrected chi connectivity index (χ1v) is 9.27. The lowest BCUT2D eigenvalue weighted by Crippen LogP contribution is -2.29. The fraction of sp³-hybridized carbons (Fsp3) is 0.412. The third-order valence-corrected chi connectivity index (χ3v) is 5.24. The molecule has 0 aliphatic carbocycles. The number of nitrogens with one attached hydrogen (secondary N) is 1. The second-order valence-corrected chi connectivity index (χ2v) is 7.20. The molecule has 7 heteroatoms. The van der Waals surface area contributed by atoms with Crippen molar-refractivity contribution in [2.45, 2.75) is 32.4 Å². The normalized spacial score (nSPS) is 15.4. The van der Waals surface area contributed by atoms with E-state index in [1.807, 2.05) is 5.38 Å². The largest absolute Gasteiger partial charge is 0.345 e. The number of hydrogen-bond acceptors (Lipinski definition) is 4. The fourth-order valence-corrected chi connectivity index (χ4v) is 3.78. The van der Waals surface area contributed by atoms with E-state index in [0.29, 0.717) is 0 Å². The first-order valence-electron chi connectivity index (χ1n) is 8.01. The number of carbonyl (C=O) groups is 1. The van der Waals surface area contributed by atoms with E-state index in [2.05, 4.69) is 15.2 Å². The zero-order valence-electron chi connectivity index (χ0n) is 13.2. The molecule has 0 spiro atoms. The number of thiazole rings is 1. The van der Waals surface area contributed by atoms with Gasteiger partial charge < -0.3 is 5.32 Å². The van der Waals surface area contributed by atoms with Gasteiger partial charge in [0.15, 0.2) is 0 Å². The van der Waals surface area contributed by atoms with Crippen LogP contribution in [-0.4, -0.2) is 28.9 Å². The van der Waals surface area contributed by atoms with Crippen LogP contribution >= 0.6 is 22.9 Å². The maximum absolute atomic E-state index is 13.7. The Bertz CT molecular complexity index is 695. The molecule has 2 heterocycles. The summed E-state index contributed by atoms with van der Waals surface area (Å²) < 4.78 is 13.7. The molecular formula is C17H19ClFN3OS. The Labute approximate surface area is 149 Å². The lowest BCUT2D eigenvalue weighted by Gasteiger charge is -2.25. The molecule has 128 valence electrons. The summed E-state index contributed by atoms with van der Waals surface area (Å²) in [5, 5.41) is 5.62. The number of halogens is 2. The van der Waals surface area contributed by atoms with Crippen molar-refractivity contribution in [3.8, 4) is 0 Å². The van der Waals surface area contributed by atoms with Crippen molar-refractivity contribution in [2.75, 3.05) is 13.1 Å². The summed E-state index contributed by atoms with van der Waals surface area (Å²) in [4.78, 5) is 19.1. The molecular weight excluding hydrogens is 349 g/mol. The van der Waals surface area contributed by atoms with Gasteiger partial charge in [-0.15, -0.1) is 11.3 Å². The summed E-state index contributed by atoms with van der Waals surface area (Å²) in [7, 11) is 0. The van der Waals surface area contributed by atoms with Gasteiger partial charge in [0.1, 0.15) is 10.8 Å². The number of amides is 1. The van der Waals surface area contributed by atoms with E-state index in [4.69, 9.17) is 11.6 Å². The van der Waals surface area contributed by atoms with E-state index < -0.39 is 11.7 Å². The van der Waals surface area contributed by atoms with Gasteiger partial charge in [-0.25, -0.2) is 9.37 Å². The average molecular weight is 368 g/mol. The molecule has 1 fully saturated rings. The van der Waals surface area contributed by atoms with E-state index in [0.717, 1.165) is 30.3 Å². The molecule has 0 atom stereocenters. The third kappa shape index (κ3) is 4.32. The van der Waals surface area contributed by atoms with Crippen LogP contribution in [0.3, 0.4) is 0 Å². The van der Waals surface area contributed by atoms with Gasteiger partial charge in [0.25, 0.3) is 5.91 Å². The summed E-state index contributed by atoms with van der Waals surface area (Å²) in [6.07, 6.45) is 3.80. The first kappa shape index (κ1) is 17.3. The Balaban J connectivity index is 1.56. The minimum Gasteiger partial charge on any atom is -0.345 e. The maximum Gasteiger partial charge on any atom is 0.256 e. The smallest absolute Gasteiger partial charge is 0.256 e. The third-order valence-electron chi connectivity index (χ3n) is 4.02. The molecule has 0 unspecified atom stereocenters. The number of likely N-dealkylation sites (tertiary alicyclic amines) is 1. The second-order valence-electron chi connectivity index (χ2n) is 5.85. The number of nitrogens with zero attached hydrogens (tertiary/aromatic N) is 2. The molecule has 3 rings (SSSR count). The highest BCUT2D eigenvalue weighted by atomic mass is 35.5. The Hall–Kier alpha value is -1.50. The first-order chi connectivity index (χ1) is 11.6. The predicted molar refractivity (Wildman–Crippen MR) is 93.8 cm³/mol. The van der Waals surface area contributed by atoms with Gasteiger partial charge in [-0.3, -0.25) is 9.69 Å². The lowest BCUT2D eigenvalue weighted by atomic mass is 10.1. The Morgan fingerprint density at radius 1 is 1.33 bits per heavy atom. The molecule has 1 aliphatic heterocycles. The van der Waals surface area contributed by atoms with Crippen LogP contribution in [-0.2, 0) is 13.1 Å². The van der Waals surface area contributed by atoms with E-state index in [9.17, 15) is 9.18 Å². The highest BCUT2D eigenvalue weighted by Gasteiger charge is 2.16. The van der Waals surface area contributed by atoms with Gasteiger partial charge in [0, 0.05) is 11.9 Å². The van der Waals surface area contributed by atoms with Crippen LogP contribution < -0.4 is 5.32 Å². The molecule has 1 saturated heterocycles. The molecule has 1 aromatic heterocycles. The van der Waals surface area contributed by atoms with Crippen molar-refractivity contribution in [3.63, 3.8) is 0 Å². The maximum atomic E-state index is 13.7. The van der Waals surface area contributed by atoms with Crippen LogP contribution in [0.1, 0.15) is 40.3 Å². The molecule has 4 nitrogen and oxygen atoms in total. The zero-order chi connectivity index (χ0) is 16.9. The van der Waals surface area contributed by atoms with Crippen LogP contribution in [0.2, 0.25) is 5.02 Å². The van der Waals surface area contributed by atoms with Crippen molar-refractivity contribution in [1.82, 2.24) is 15.2 Å². The summed E-state index contributed by atoms with van der Waals surface area (Å²) in [5.41, 5.74) is 0.902. The van der Waals surface area contributed by atoms with Gasteiger partial charge in [-0.2, -0.15) is 0 Å². The van der Waals surface area contributed by atoms with Crippen molar-refractivity contribution in [2.24, 2.45) is 0 Å². The molecule has 1 amide bonds. The summed E-state index contributed by atoms with van der Waals surface area (Å²) >= 11 is 7.40. The Morgan fingerprint density at radius 3 is 2.88 bits per heavy atom. The molecule has 2 aromatic rings. The van der Waals surface area contributed by atoms with Crippen LogP contribution in [0, 0.1) is 5.82 Å². The summed E-state index contributed by atoms with van der Waals surface area (Å²) in [5.74, 6) is -1.14. The predicted octanol–water partition coefficient (Wildman–Crippen LogP) is 3.85. The molecule has 0 radical (unpaired) electrons. The molecule has 24 heavy (non-hydrogen) atoms. The molecule has 1 N–H and O–H groups in total. The van der Waals surface area contributed by atoms with Crippen LogP contribution in [0.5, 0.6) is 0 Å². The number of hydrogen-bond donors (Lipinski definition) is 1. The van der Waals surface area contributed by atoms with Crippen molar-refractivity contribution in [1.29, 1.82) is 0 Å². The number of aromatic nitrogens is 1. The minimum absolute atomic E-state index is 0.109. The van der Waals surface area contributed by atoms with Gasteiger partial charge in [0.05, 0.1) is 22.8 Å². The van der Waals surface area contributed by atoms with Crippen molar-refractivity contribution < 1.29 is 9.18 Å². The monoisotopic (exact) mass is 367 g/mol. The Morgan fingerprint density at radius 2 is 2.12 bits per heavy atom. The van der Waals surface area contributed by atoms with Gasteiger partial charge >= 0.3 is 0 Å². The number of carbonyl (C=O) groups excluding carboxylic acids is 1. The standard InChI is InChI=1S/C17H19ClFN3OS/c18-13-5-4-6-14(19)16(13)17(23)20-9-15-21-12(11-24-15)10-22-7-2-1-3-8-22/h4-6,11H,1-3,7-10H2,(H,20,23). The number of benzene rings is 1. The summed E-state index contributed by atoms with van der Waals surface area (Å²) in [6.45, 7) is 3.36. The fourth-order valence-electron chi connectivity index (χ4n) is 2.81. The molecule has 0 saturated carbocycles. The second kappa shape index (κ2) is 8.05. The van der Waals surface area contributed by atoms with Crippen LogP contribution in [0.25, 0.3) is 0 Å². The molecule has 1 aromatic carbocycles. The lowest BCUT2D eigenvalue weighted by molar-refractivity contribution is 0.0947. The van der Waals surface area contributed by atoms with Crippen molar-refractivity contribution >= 4 is 28.8 Å². The number of rotatable bonds is 5. The SMILES string of the molecule is O=C(NCc1nc(CN2CCCCC2)cs1)c1c(F)cccc1Cl. The quantitative estimate of drug-likeness (QED) is 0.873. The highest BCUT2D eigenvalue weighted by molar-refractivity contribution is 7.09. The van der Waals surface area contributed by atoms with Crippen LogP contribution in [0.4, 0.5) is 4.39 Å². The van der Waals surface area contributed by atoms with E-state index in [1.165, 1.54) is 48.8 Å². The van der Waals surface area contributed by atoms with E-state index in [1.54, 1.807) is 0 Å². The molecule has 0 bridgehead atoms. The molecule has 1 aliphatic rings. The minimum atomic E-state index is -0.620. The van der Waals surface area contributed by atoms with Crippen LogP contribution in [0.15, 0.2) is 23.6 Å². The van der Waals surface area contributed by atoms with Crippen molar-refractivity contribution in [3.05, 3.63) is 50.7 Å². The van der Waals surface area contributed by atoms with Gasteiger partial charge in [-0.05, 0) is 38.1 Å². The van der Waals surface area contributed by atoms with E-state index >= 15 is 0 Å². The number of piperidine rings is 1. The van der Waals surface area contributed by atoms with E-state index in [-0.39, 0.29) is 17.1 Å².